The van der Waals surface area contributed by atoms with Gasteiger partial charge in [-0.05, 0) is 12.1 Å². The second kappa shape index (κ2) is 6.93. The highest BCUT2D eigenvalue weighted by Gasteiger charge is 2.28. The Morgan fingerprint density at radius 1 is 1.14 bits per heavy atom. The van der Waals surface area contributed by atoms with Crippen molar-refractivity contribution in [2.24, 2.45) is 0 Å². The lowest BCUT2D eigenvalue weighted by molar-refractivity contribution is -0.116. The summed E-state index contributed by atoms with van der Waals surface area (Å²) in [7, 11) is 0. The molecule has 0 bridgehead atoms. The van der Waals surface area contributed by atoms with Crippen molar-refractivity contribution in [3.8, 4) is 0 Å². The lowest BCUT2D eigenvalue weighted by atomic mass is 9.96. The van der Waals surface area contributed by atoms with E-state index in [0.717, 1.165) is 0 Å². The van der Waals surface area contributed by atoms with Gasteiger partial charge in [-0.2, -0.15) is 0 Å². The Bertz CT molecular complexity index is 1070. The van der Waals surface area contributed by atoms with Crippen LogP contribution in [0.2, 0.25) is 10.2 Å². The van der Waals surface area contributed by atoms with Crippen molar-refractivity contribution in [2.45, 2.75) is 39.2 Å². The minimum atomic E-state index is -0.284. The maximum Gasteiger partial charge on any atom is 0.184 e. The van der Waals surface area contributed by atoms with E-state index in [1.807, 2.05) is 25.7 Å². The van der Waals surface area contributed by atoms with Crippen molar-refractivity contribution >= 4 is 46.0 Å². The number of carbonyl (C=O) groups is 1. The monoisotopic (exact) mass is 419 g/mol. The molecule has 8 nitrogen and oxygen atoms in total. The zero-order valence-corrected chi connectivity index (χ0v) is 17.3. The van der Waals surface area contributed by atoms with E-state index in [1.165, 1.54) is 0 Å². The summed E-state index contributed by atoms with van der Waals surface area (Å²) >= 11 is 12.3. The molecule has 4 heterocycles. The Balaban J connectivity index is 1.85. The third kappa shape index (κ3) is 3.54. The molecule has 4 rings (SSSR count). The maximum absolute atomic E-state index is 11.8. The number of nitrogens with zero attached hydrogens (tertiary/aromatic N) is 7. The number of hydrogen-bond donors (Lipinski definition) is 0. The van der Waals surface area contributed by atoms with Gasteiger partial charge in [0.25, 0.3) is 0 Å². The topological polar surface area (TPSA) is 89.7 Å². The highest BCUT2D eigenvalue weighted by atomic mass is 35.5. The first kappa shape index (κ1) is 19.0. The molecule has 1 fully saturated rings. The number of anilines is 1. The normalized spacial score (nSPS) is 15.0. The molecular formula is C18H19Cl2N7O. The average molecular weight is 420 g/mol. The van der Waals surface area contributed by atoms with E-state index in [4.69, 9.17) is 33.2 Å². The quantitative estimate of drug-likeness (QED) is 0.602. The van der Waals surface area contributed by atoms with Crippen LogP contribution in [0.25, 0.3) is 11.2 Å². The molecule has 1 saturated heterocycles. The Morgan fingerprint density at radius 3 is 2.61 bits per heavy atom. The molecule has 28 heavy (non-hydrogen) atoms. The summed E-state index contributed by atoms with van der Waals surface area (Å²) in [6, 6.07) is 3.33. The fourth-order valence-corrected chi connectivity index (χ4v) is 3.36. The molecule has 0 unspecified atom stereocenters. The lowest BCUT2D eigenvalue weighted by Gasteiger charge is -2.21. The van der Waals surface area contributed by atoms with E-state index >= 15 is 0 Å². The van der Waals surface area contributed by atoms with Crippen molar-refractivity contribution in [1.29, 1.82) is 0 Å². The Morgan fingerprint density at radius 2 is 1.93 bits per heavy atom. The molecule has 146 valence electrons. The SMILES string of the molecule is CC(C)(C)c1nc(N2CCC(=O)C2)c2nnn(Cc3nc(Cl)ccc3Cl)c2n1. The van der Waals surface area contributed by atoms with E-state index in [0.29, 0.717) is 58.2 Å². The van der Waals surface area contributed by atoms with Gasteiger partial charge in [-0.25, -0.2) is 19.6 Å². The third-order valence-corrected chi connectivity index (χ3v) is 5.08. The predicted octanol–water partition coefficient (Wildman–Crippen LogP) is 3.05. The Hall–Kier alpha value is -2.32. The number of pyridine rings is 1. The van der Waals surface area contributed by atoms with Crippen LogP contribution in [0, 0.1) is 0 Å². The number of ketones is 1. The molecule has 0 N–H and O–H groups in total. The number of hydrogen-bond acceptors (Lipinski definition) is 7. The van der Waals surface area contributed by atoms with Gasteiger partial charge in [0, 0.05) is 18.4 Å². The molecule has 1 aliphatic rings. The van der Waals surface area contributed by atoms with E-state index in [2.05, 4.69) is 15.3 Å². The van der Waals surface area contributed by atoms with E-state index in [1.54, 1.807) is 16.8 Å². The summed E-state index contributed by atoms with van der Waals surface area (Å²) in [5.41, 5.74) is 1.43. The smallest absolute Gasteiger partial charge is 0.184 e. The van der Waals surface area contributed by atoms with Crippen molar-refractivity contribution in [1.82, 2.24) is 29.9 Å². The molecule has 0 amide bonds. The largest absolute Gasteiger partial charge is 0.347 e. The molecule has 0 saturated carbocycles. The van der Waals surface area contributed by atoms with Crippen LogP contribution in [-0.4, -0.2) is 48.8 Å². The van der Waals surface area contributed by atoms with Crippen molar-refractivity contribution < 1.29 is 4.79 Å². The van der Waals surface area contributed by atoms with Crippen molar-refractivity contribution in [3.63, 3.8) is 0 Å². The standard InChI is InChI=1S/C18H19Cl2N7O/c1-18(2,3)17-22-15(26-7-6-10(28)8-26)14-16(23-17)27(25-24-14)9-12-11(19)4-5-13(20)21-12/h4-5H,6-9H2,1-3H3. The molecule has 3 aromatic rings. The summed E-state index contributed by atoms with van der Waals surface area (Å²) < 4.78 is 1.64. The van der Waals surface area contributed by atoms with Crippen molar-refractivity contribution in [2.75, 3.05) is 18.0 Å². The van der Waals surface area contributed by atoms with Gasteiger partial charge in [-0.1, -0.05) is 49.2 Å². The van der Waals surface area contributed by atoms with Crippen LogP contribution in [0.15, 0.2) is 12.1 Å². The van der Waals surface area contributed by atoms with Gasteiger partial charge in [0.1, 0.15) is 11.0 Å². The Labute approximate surface area is 171 Å². The molecule has 0 radical (unpaired) electrons. The first-order valence-electron chi connectivity index (χ1n) is 8.91. The number of fused-ring (bicyclic) bond motifs is 1. The van der Waals surface area contributed by atoms with Crippen LogP contribution < -0.4 is 4.90 Å². The van der Waals surface area contributed by atoms with Crippen LogP contribution in [0.4, 0.5) is 5.82 Å². The molecule has 0 atom stereocenters. The number of carbonyl (C=O) groups excluding carboxylic acids is 1. The molecule has 0 spiro atoms. The summed E-state index contributed by atoms with van der Waals surface area (Å²) in [4.78, 5) is 27.5. The van der Waals surface area contributed by atoms with Gasteiger partial charge in [0.15, 0.2) is 22.8 Å². The van der Waals surface area contributed by atoms with Gasteiger partial charge in [-0.3, -0.25) is 4.79 Å². The minimum absolute atomic E-state index is 0.186. The maximum atomic E-state index is 11.8. The van der Waals surface area contributed by atoms with Gasteiger partial charge in [0.05, 0.1) is 23.8 Å². The van der Waals surface area contributed by atoms with Crippen LogP contribution in [0.1, 0.15) is 38.7 Å². The first-order chi connectivity index (χ1) is 13.2. The lowest BCUT2D eigenvalue weighted by Crippen LogP contribution is -2.24. The van der Waals surface area contributed by atoms with Gasteiger partial charge < -0.3 is 4.90 Å². The highest BCUT2D eigenvalue weighted by molar-refractivity contribution is 6.32. The van der Waals surface area contributed by atoms with Gasteiger partial charge >= 0.3 is 0 Å². The fourth-order valence-electron chi connectivity index (χ4n) is 3.03. The average Bonchev–Trinajstić information content (AvgIpc) is 3.23. The van der Waals surface area contributed by atoms with E-state index in [9.17, 15) is 4.79 Å². The zero-order chi connectivity index (χ0) is 20.1. The second-order valence-corrected chi connectivity index (χ2v) is 8.61. The van der Waals surface area contributed by atoms with Gasteiger partial charge in [0.2, 0.25) is 0 Å². The predicted molar refractivity (Wildman–Crippen MR) is 107 cm³/mol. The van der Waals surface area contributed by atoms with Crippen LogP contribution >= 0.6 is 23.2 Å². The summed E-state index contributed by atoms with van der Waals surface area (Å²) in [6.45, 7) is 7.33. The second-order valence-electron chi connectivity index (χ2n) is 7.81. The number of rotatable bonds is 3. The molecule has 0 aromatic carbocycles. The fraction of sp³-hybridized carbons (Fsp3) is 0.444. The van der Waals surface area contributed by atoms with Crippen LogP contribution in [0.5, 0.6) is 0 Å². The molecule has 0 aliphatic carbocycles. The number of halogens is 2. The molecule has 3 aromatic heterocycles. The molecular weight excluding hydrogens is 401 g/mol. The summed E-state index contributed by atoms with van der Waals surface area (Å²) in [5.74, 6) is 1.48. The third-order valence-electron chi connectivity index (χ3n) is 4.53. The van der Waals surface area contributed by atoms with Crippen LogP contribution in [-0.2, 0) is 16.8 Å². The first-order valence-corrected chi connectivity index (χ1v) is 9.67. The Kier molecular flexibility index (Phi) is 4.71. The highest BCUT2D eigenvalue weighted by Crippen LogP contribution is 2.29. The molecule has 1 aliphatic heterocycles. The van der Waals surface area contributed by atoms with E-state index in [-0.39, 0.29) is 17.7 Å². The van der Waals surface area contributed by atoms with Gasteiger partial charge in [-0.15, -0.1) is 5.10 Å². The number of Topliss-reactive ketones (excluding diaryl/α,β-unsaturated/α-hetero) is 1. The number of aromatic nitrogens is 6. The molecule has 10 heteroatoms. The summed E-state index contributed by atoms with van der Waals surface area (Å²) in [6.07, 6.45) is 0.506. The van der Waals surface area contributed by atoms with Crippen LogP contribution in [0.3, 0.4) is 0 Å². The minimum Gasteiger partial charge on any atom is -0.347 e. The van der Waals surface area contributed by atoms with Crippen molar-refractivity contribution in [3.05, 3.63) is 33.8 Å². The summed E-state index contributed by atoms with van der Waals surface area (Å²) in [5, 5.41) is 9.38. The van der Waals surface area contributed by atoms with E-state index < -0.39 is 0 Å². The zero-order valence-electron chi connectivity index (χ0n) is 15.8.